The van der Waals surface area contributed by atoms with Crippen molar-refractivity contribution in [1.29, 1.82) is 0 Å². The van der Waals surface area contributed by atoms with Crippen molar-refractivity contribution < 1.29 is 4.74 Å². The molecule has 1 unspecified atom stereocenters. The molecule has 0 radical (unpaired) electrons. The number of aliphatic imine (C=N–C) groups is 1. The van der Waals surface area contributed by atoms with Crippen LogP contribution in [0.3, 0.4) is 0 Å². The Morgan fingerprint density at radius 2 is 2.47 bits per heavy atom. The van der Waals surface area contributed by atoms with Gasteiger partial charge in [-0.15, -0.1) is 0 Å². The summed E-state index contributed by atoms with van der Waals surface area (Å²) < 4.78 is 5.35. The molecular formula is C11H21N3O. The van der Waals surface area contributed by atoms with Gasteiger partial charge in [-0.2, -0.15) is 0 Å². The van der Waals surface area contributed by atoms with Crippen molar-refractivity contribution in [2.45, 2.75) is 25.7 Å². The lowest BCUT2D eigenvalue weighted by Crippen LogP contribution is -2.38. The van der Waals surface area contributed by atoms with Gasteiger partial charge in [0.1, 0.15) is 0 Å². The van der Waals surface area contributed by atoms with Gasteiger partial charge in [0.05, 0.1) is 0 Å². The predicted molar refractivity (Wildman–Crippen MR) is 61.1 cm³/mol. The van der Waals surface area contributed by atoms with Gasteiger partial charge >= 0.3 is 0 Å². The smallest absolute Gasteiger partial charge is 0.191 e. The highest BCUT2D eigenvalue weighted by molar-refractivity contribution is 5.79. The van der Waals surface area contributed by atoms with Crippen molar-refractivity contribution in [3.8, 4) is 0 Å². The molecule has 0 saturated carbocycles. The Labute approximate surface area is 91.5 Å². The van der Waals surface area contributed by atoms with E-state index in [0.717, 1.165) is 44.7 Å². The van der Waals surface area contributed by atoms with E-state index in [-0.39, 0.29) is 0 Å². The fourth-order valence-corrected chi connectivity index (χ4v) is 2.01. The molecule has 2 heterocycles. The third-order valence-electron chi connectivity index (χ3n) is 3.02. The lowest BCUT2D eigenvalue weighted by molar-refractivity contribution is 0.184. The SMILES string of the molecule is C1CCNC(NCCC2CCOC2)=NC1. The van der Waals surface area contributed by atoms with Crippen LogP contribution in [-0.4, -0.2) is 38.8 Å². The van der Waals surface area contributed by atoms with E-state index in [0.29, 0.717) is 0 Å². The number of hydrogen-bond donors (Lipinski definition) is 2. The van der Waals surface area contributed by atoms with E-state index in [1.807, 2.05) is 0 Å². The minimum Gasteiger partial charge on any atom is -0.381 e. The molecule has 2 aliphatic heterocycles. The molecule has 2 aliphatic rings. The molecule has 4 heteroatoms. The molecule has 0 aliphatic carbocycles. The molecule has 4 nitrogen and oxygen atoms in total. The van der Waals surface area contributed by atoms with Crippen LogP contribution in [0.15, 0.2) is 4.99 Å². The zero-order chi connectivity index (χ0) is 10.3. The first-order chi connectivity index (χ1) is 7.45. The molecule has 0 aromatic rings. The first-order valence-corrected chi connectivity index (χ1v) is 6.05. The molecule has 15 heavy (non-hydrogen) atoms. The summed E-state index contributed by atoms with van der Waals surface area (Å²) in [6.45, 7) is 4.92. The molecule has 0 aromatic carbocycles. The number of nitrogens with zero attached hydrogens (tertiary/aromatic N) is 1. The predicted octanol–water partition coefficient (Wildman–Crippen LogP) is 0.742. The Morgan fingerprint density at radius 3 is 3.33 bits per heavy atom. The van der Waals surface area contributed by atoms with Gasteiger partial charge in [-0.3, -0.25) is 4.99 Å². The first kappa shape index (κ1) is 10.7. The maximum atomic E-state index is 5.35. The maximum Gasteiger partial charge on any atom is 0.191 e. The van der Waals surface area contributed by atoms with Crippen LogP contribution < -0.4 is 10.6 Å². The van der Waals surface area contributed by atoms with Gasteiger partial charge in [0.25, 0.3) is 0 Å². The molecule has 2 N–H and O–H groups in total. The Hall–Kier alpha value is -0.770. The van der Waals surface area contributed by atoms with Crippen LogP contribution >= 0.6 is 0 Å². The van der Waals surface area contributed by atoms with Crippen LogP contribution in [0.2, 0.25) is 0 Å². The molecule has 0 aromatic heterocycles. The van der Waals surface area contributed by atoms with Crippen LogP contribution in [0.25, 0.3) is 0 Å². The quantitative estimate of drug-likeness (QED) is 0.724. The molecule has 86 valence electrons. The molecule has 0 bridgehead atoms. The maximum absolute atomic E-state index is 5.35. The molecule has 1 fully saturated rings. The number of ether oxygens (including phenoxy) is 1. The summed E-state index contributed by atoms with van der Waals surface area (Å²) in [4.78, 5) is 4.45. The van der Waals surface area contributed by atoms with Gasteiger partial charge in [-0.1, -0.05) is 0 Å². The van der Waals surface area contributed by atoms with Crippen molar-refractivity contribution >= 4 is 5.96 Å². The average molecular weight is 211 g/mol. The topological polar surface area (TPSA) is 45.6 Å². The second kappa shape index (κ2) is 5.95. The highest BCUT2D eigenvalue weighted by atomic mass is 16.5. The van der Waals surface area contributed by atoms with Crippen molar-refractivity contribution in [1.82, 2.24) is 10.6 Å². The van der Waals surface area contributed by atoms with Gasteiger partial charge in [-0.25, -0.2) is 0 Å². The summed E-state index contributed by atoms with van der Waals surface area (Å²) in [5.74, 6) is 1.75. The third kappa shape index (κ3) is 3.70. The second-order valence-electron chi connectivity index (χ2n) is 4.31. The van der Waals surface area contributed by atoms with Crippen LogP contribution in [0.1, 0.15) is 25.7 Å². The van der Waals surface area contributed by atoms with E-state index in [1.54, 1.807) is 0 Å². The zero-order valence-electron chi connectivity index (χ0n) is 9.30. The van der Waals surface area contributed by atoms with Crippen LogP contribution in [0.4, 0.5) is 0 Å². The Bertz CT molecular complexity index is 212. The van der Waals surface area contributed by atoms with Gasteiger partial charge in [0.2, 0.25) is 0 Å². The van der Waals surface area contributed by atoms with Crippen LogP contribution in [0, 0.1) is 5.92 Å². The van der Waals surface area contributed by atoms with Crippen LogP contribution in [0.5, 0.6) is 0 Å². The van der Waals surface area contributed by atoms with E-state index < -0.39 is 0 Å². The van der Waals surface area contributed by atoms with Crippen molar-refractivity contribution in [3.63, 3.8) is 0 Å². The molecular weight excluding hydrogens is 190 g/mol. The summed E-state index contributed by atoms with van der Waals surface area (Å²) in [6, 6.07) is 0. The molecule has 0 spiro atoms. The molecule has 1 saturated heterocycles. The monoisotopic (exact) mass is 211 g/mol. The van der Waals surface area contributed by atoms with Gasteiger partial charge in [0, 0.05) is 32.8 Å². The van der Waals surface area contributed by atoms with Crippen molar-refractivity contribution in [3.05, 3.63) is 0 Å². The third-order valence-corrected chi connectivity index (χ3v) is 3.02. The van der Waals surface area contributed by atoms with Crippen molar-refractivity contribution in [2.75, 3.05) is 32.8 Å². The second-order valence-corrected chi connectivity index (χ2v) is 4.31. The highest BCUT2D eigenvalue weighted by Crippen LogP contribution is 2.15. The van der Waals surface area contributed by atoms with E-state index in [2.05, 4.69) is 15.6 Å². The molecule has 2 rings (SSSR count). The van der Waals surface area contributed by atoms with Crippen LogP contribution in [-0.2, 0) is 4.74 Å². The fraction of sp³-hybridized carbons (Fsp3) is 0.909. The normalized spacial score (nSPS) is 26.7. The first-order valence-electron chi connectivity index (χ1n) is 6.05. The zero-order valence-corrected chi connectivity index (χ0v) is 9.30. The van der Waals surface area contributed by atoms with E-state index in [9.17, 15) is 0 Å². The molecule has 1 atom stereocenters. The summed E-state index contributed by atoms with van der Waals surface area (Å²) in [5, 5.41) is 6.69. The van der Waals surface area contributed by atoms with Gasteiger partial charge in [-0.05, 0) is 31.6 Å². The minimum atomic E-state index is 0.754. The fourth-order valence-electron chi connectivity index (χ4n) is 2.01. The lowest BCUT2D eigenvalue weighted by Gasteiger charge is -2.11. The average Bonchev–Trinajstić information content (AvgIpc) is 2.62. The Morgan fingerprint density at radius 1 is 1.47 bits per heavy atom. The van der Waals surface area contributed by atoms with E-state index >= 15 is 0 Å². The van der Waals surface area contributed by atoms with Crippen molar-refractivity contribution in [2.24, 2.45) is 10.9 Å². The largest absolute Gasteiger partial charge is 0.381 e. The summed E-state index contributed by atoms with van der Waals surface area (Å²) in [6.07, 6.45) is 4.85. The number of guanidine groups is 1. The summed E-state index contributed by atoms with van der Waals surface area (Å²) in [7, 11) is 0. The number of nitrogens with one attached hydrogen (secondary N) is 2. The highest BCUT2D eigenvalue weighted by Gasteiger charge is 2.15. The molecule has 0 amide bonds. The minimum absolute atomic E-state index is 0.754. The van der Waals surface area contributed by atoms with E-state index in [4.69, 9.17) is 4.74 Å². The van der Waals surface area contributed by atoms with Gasteiger partial charge in [0.15, 0.2) is 5.96 Å². The van der Waals surface area contributed by atoms with Gasteiger partial charge < -0.3 is 15.4 Å². The Kier molecular flexibility index (Phi) is 4.26. The number of hydrogen-bond acceptors (Lipinski definition) is 4. The Balaban J connectivity index is 1.61. The standard InChI is InChI=1S/C11H21N3O/c1-2-6-13-11(12-5-1)14-7-3-10-4-8-15-9-10/h10H,1-9H2,(H2,12,13,14). The van der Waals surface area contributed by atoms with E-state index in [1.165, 1.54) is 25.7 Å². The number of rotatable bonds is 3. The lowest BCUT2D eigenvalue weighted by atomic mass is 10.1. The summed E-state index contributed by atoms with van der Waals surface area (Å²) >= 11 is 0. The summed E-state index contributed by atoms with van der Waals surface area (Å²) in [5.41, 5.74) is 0.